The molecule has 2 unspecified atom stereocenters. The van der Waals surface area contributed by atoms with Crippen LogP contribution >= 0.6 is 11.6 Å². The lowest BCUT2D eigenvalue weighted by molar-refractivity contribution is -0.130. The maximum atomic E-state index is 14.5. The lowest BCUT2D eigenvalue weighted by Crippen LogP contribution is -2.56. The number of anilines is 1. The van der Waals surface area contributed by atoms with E-state index in [2.05, 4.69) is 34.6 Å². The lowest BCUT2D eigenvalue weighted by atomic mass is 9.78. The summed E-state index contributed by atoms with van der Waals surface area (Å²) in [6, 6.07) is 12.2. The molecule has 1 aliphatic carbocycles. The van der Waals surface area contributed by atoms with E-state index < -0.39 is 17.5 Å². The number of halogens is 1. The fraction of sp³-hybridized carbons (Fsp3) is 0.486. The topological polar surface area (TPSA) is 134 Å². The highest BCUT2D eigenvalue weighted by molar-refractivity contribution is 6.31. The van der Waals surface area contributed by atoms with Crippen molar-refractivity contribution in [1.29, 1.82) is 0 Å². The number of nitrogens with zero attached hydrogens (tertiary/aromatic N) is 4. The zero-order valence-corrected chi connectivity index (χ0v) is 29.2. The van der Waals surface area contributed by atoms with Crippen molar-refractivity contribution < 1.29 is 19.1 Å². The number of amides is 3. The highest BCUT2D eigenvalue weighted by atomic mass is 35.5. The molecule has 49 heavy (non-hydrogen) atoms. The molecular formula is C37H44ClN7O4. The largest absolute Gasteiger partial charge is 0.380 e. The van der Waals surface area contributed by atoms with Gasteiger partial charge >= 0.3 is 0 Å². The number of hydrogen-bond acceptors (Lipinski definition) is 6. The molecule has 3 N–H and O–H groups in total. The van der Waals surface area contributed by atoms with Gasteiger partial charge in [-0.1, -0.05) is 50.1 Å². The van der Waals surface area contributed by atoms with Crippen LogP contribution in [-0.4, -0.2) is 63.3 Å². The van der Waals surface area contributed by atoms with Crippen LogP contribution in [-0.2, 0) is 26.3 Å². The minimum Gasteiger partial charge on any atom is -0.380 e. The molecule has 11 nitrogen and oxygen atoms in total. The molecule has 0 bridgehead atoms. The van der Waals surface area contributed by atoms with Gasteiger partial charge in [0.05, 0.1) is 29.4 Å². The molecule has 2 fully saturated rings. The normalized spacial score (nSPS) is 20.9. The second-order valence-electron chi connectivity index (χ2n) is 13.9. The van der Waals surface area contributed by atoms with Crippen molar-refractivity contribution in [2.75, 3.05) is 24.7 Å². The number of aromatic amines is 1. The van der Waals surface area contributed by atoms with Crippen LogP contribution in [0.3, 0.4) is 0 Å². The van der Waals surface area contributed by atoms with E-state index in [0.29, 0.717) is 53.9 Å². The maximum Gasteiger partial charge on any atom is 0.270 e. The standard InChI is InChI=1S/C37H44ClN7O4/c1-5-39-35(47)32(22-10-9-11-22)45-29-19-27-26(18-24(29)37(36(45)48)15-17-49-20-37)41-33(42-27)31(43-34(46)28-14-16-40-44(28)6-2)30(21(3)4)23-12-7-8-13-25(23)38/h7-8,12-14,16,18-19,21-22,30-32H,5-6,9-11,15,17,20H2,1-4H3,(H,39,47)(H,41,42)(H,43,46)/t30-,31-,32?,37?/m0/s1. The molecule has 2 aromatic heterocycles. The van der Waals surface area contributed by atoms with Gasteiger partial charge in [0.15, 0.2) is 0 Å². The van der Waals surface area contributed by atoms with E-state index in [-0.39, 0.29) is 42.1 Å². The number of H-pyrrole nitrogens is 1. The van der Waals surface area contributed by atoms with Crippen LogP contribution in [0.4, 0.5) is 5.69 Å². The molecular weight excluding hydrogens is 642 g/mol. The number of aryl methyl sites for hydroxylation is 1. The number of carbonyl (C=O) groups is 3. The number of rotatable bonds is 11. The molecule has 4 heterocycles. The van der Waals surface area contributed by atoms with Crippen LogP contribution in [0, 0.1) is 11.8 Å². The SMILES string of the molecule is CCNC(=O)C(C1CCC1)N1C(=O)C2(CCOC2)c2cc3[nH]c([C@@H](NC(=O)c4ccnn4CC)[C@H](c4ccccc4Cl)C(C)C)nc3cc21. The van der Waals surface area contributed by atoms with E-state index in [1.54, 1.807) is 21.8 Å². The highest BCUT2D eigenvalue weighted by Gasteiger charge is 2.57. The molecule has 4 aromatic rings. The number of fused-ring (bicyclic) bond motifs is 3. The third kappa shape index (κ3) is 5.60. The molecule has 3 aliphatic rings. The minimum atomic E-state index is -0.868. The second-order valence-corrected chi connectivity index (χ2v) is 14.3. The van der Waals surface area contributed by atoms with Crippen LogP contribution < -0.4 is 15.5 Å². The molecule has 12 heteroatoms. The van der Waals surface area contributed by atoms with Gasteiger partial charge in [-0.05, 0) is 80.3 Å². The third-order valence-electron chi connectivity index (χ3n) is 10.7. The first-order chi connectivity index (χ1) is 23.7. The summed E-state index contributed by atoms with van der Waals surface area (Å²) in [4.78, 5) is 52.4. The number of hydrogen-bond donors (Lipinski definition) is 3. The van der Waals surface area contributed by atoms with Gasteiger partial charge in [0, 0.05) is 36.8 Å². The summed E-state index contributed by atoms with van der Waals surface area (Å²) in [7, 11) is 0. The number of ether oxygens (including phenoxy) is 1. The minimum absolute atomic E-state index is 0.0619. The van der Waals surface area contributed by atoms with Crippen LogP contribution in [0.1, 0.15) is 92.8 Å². The van der Waals surface area contributed by atoms with Crippen molar-refractivity contribution in [1.82, 2.24) is 30.4 Å². The van der Waals surface area contributed by atoms with Crippen LogP contribution in [0.15, 0.2) is 48.7 Å². The Morgan fingerprint density at radius 1 is 1.16 bits per heavy atom. The summed E-state index contributed by atoms with van der Waals surface area (Å²) in [5, 5.41) is 11.2. The molecule has 258 valence electrons. The molecule has 4 atom stereocenters. The first kappa shape index (κ1) is 33.3. The number of imidazole rings is 1. The van der Waals surface area contributed by atoms with E-state index in [4.69, 9.17) is 21.3 Å². The fourth-order valence-corrected chi connectivity index (χ4v) is 8.30. The van der Waals surface area contributed by atoms with E-state index in [0.717, 1.165) is 35.9 Å². The Labute approximate surface area is 291 Å². The van der Waals surface area contributed by atoms with Crippen molar-refractivity contribution >= 4 is 46.0 Å². The molecule has 7 rings (SSSR count). The van der Waals surface area contributed by atoms with Gasteiger partial charge in [0.1, 0.15) is 23.0 Å². The van der Waals surface area contributed by atoms with Crippen molar-refractivity contribution in [3.05, 3.63) is 76.3 Å². The first-order valence-electron chi connectivity index (χ1n) is 17.5. The molecule has 2 aromatic carbocycles. The smallest absolute Gasteiger partial charge is 0.270 e. The van der Waals surface area contributed by atoms with E-state index in [1.165, 1.54) is 0 Å². The predicted molar refractivity (Wildman–Crippen MR) is 188 cm³/mol. The second kappa shape index (κ2) is 13.2. The summed E-state index contributed by atoms with van der Waals surface area (Å²) in [6.45, 7) is 9.82. The Bertz CT molecular complexity index is 1890. The Hall–Kier alpha value is -4.22. The number of nitrogens with one attached hydrogen (secondary N) is 3. The van der Waals surface area contributed by atoms with Crippen LogP contribution in [0.5, 0.6) is 0 Å². The summed E-state index contributed by atoms with van der Waals surface area (Å²) in [5.41, 5.74) is 3.44. The van der Waals surface area contributed by atoms with Crippen molar-refractivity contribution in [2.45, 2.75) is 83.3 Å². The lowest BCUT2D eigenvalue weighted by Gasteiger charge is -2.39. The summed E-state index contributed by atoms with van der Waals surface area (Å²) < 4.78 is 7.54. The number of aromatic nitrogens is 4. The zero-order valence-electron chi connectivity index (χ0n) is 28.5. The number of carbonyl (C=O) groups excluding carboxylic acids is 3. The quantitative estimate of drug-likeness (QED) is 0.187. The van der Waals surface area contributed by atoms with Gasteiger partial charge < -0.3 is 20.4 Å². The predicted octanol–water partition coefficient (Wildman–Crippen LogP) is 5.65. The van der Waals surface area contributed by atoms with Gasteiger partial charge in [-0.2, -0.15) is 5.10 Å². The zero-order chi connectivity index (χ0) is 34.4. The average Bonchev–Trinajstić information content (AvgIpc) is 3.86. The van der Waals surface area contributed by atoms with Crippen molar-refractivity contribution in [2.24, 2.45) is 11.8 Å². The summed E-state index contributed by atoms with van der Waals surface area (Å²) >= 11 is 6.80. The van der Waals surface area contributed by atoms with Gasteiger partial charge in [0.25, 0.3) is 5.91 Å². The van der Waals surface area contributed by atoms with E-state index >= 15 is 0 Å². The number of benzene rings is 2. The third-order valence-corrected chi connectivity index (χ3v) is 11.1. The maximum absolute atomic E-state index is 14.5. The molecule has 0 radical (unpaired) electrons. The average molecular weight is 686 g/mol. The molecule has 3 amide bonds. The Kier molecular flexibility index (Phi) is 9.00. The monoisotopic (exact) mass is 685 g/mol. The van der Waals surface area contributed by atoms with E-state index in [9.17, 15) is 14.4 Å². The highest BCUT2D eigenvalue weighted by Crippen LogP contribution is 2.51. The first-order valence-corrected chi connectivity index (χ1v) is 17.9. The summed E-state index contributed by atoms with van der Waals surface area (Å²) in [5.74, 6) is 0.00971. The molecule has 1 saturated heterocycles. The van der Waals surface area contributed by atoms with Crippen LogP contribution in [0.25, 0.3) is 11.0 Å². The van der Waals surface area contributed by atoms with Gasteiger partial charge in [-0.25, -0.2) is 4.98 Å². The number of likely N-dealkylation sites (N-methyl/N-ethyl adjacent to an activating group) is 1. The molecule has 1 spiro atoms. The van der Waals surface area contributed by atoms with Crippen LogP contribution in [0.2, 0.25) is 5.02 Å². The Morgan fingerprint density at radius 3 is 2.61 bits per heavy atom. The van der Waals surface area contributed by atoms with Gasteiger partial charge in [-0.3, -0.25) is 24.0 Å². The van der Waals surface area contributed by atoms with Gasteiger partial charge in [0.2, 0.25) is 11.8 Å². The summed E-state index contributed by atoms with van der Waals surface area (Å²) in [6.07, 6.45) is 5.00. The van der Waals surface area contributed by atoms with Crippen molar-refractivity contribution in [3.8, 4) is 0 Å². The molecule has 1 saturated carbocycles. The fourth-order valence-electron chi connectivity index (χ4n) is 8.04. The molecule has 2 aliphatic heterocycles. The van der Waals surface area contributed by atoms with Gasteiger partial charge in [-0.15, -0.1) is 0 Å². The Balaban J connectivity index is 1.37. The van der Waals surface area contributed by atoms with E-state index in [1.807, 2.05) is 50.2 Å². The van der Waals surface area contributed by atoms with Crippen molar-refractivity contribution in [3.63, 3.8) is 0 Å². The Morgan fingerprint density at radius 2 is 1.96 bits per heavy atom.